The van der Waals surface area contributed by atoms with Gasteiger partial charge >= 0.3 is 0 Å². The van der Waals surface area contributed by atoms with E-state index in [1.165, 1.54) is 17.5 Å². The molecule has 3 rings (SSSR count). The molecule has 1 N–H and O–H groups in total. The second-order valence-corrected chi connectivity index (χ2v) is 5.52. The number of imidazole rings is 1. The minimum atomic E-state index is 0.508. The average Bonchev–Trinajstić information content (AvgIpc) is 3.00. The zero-order chi connectivity index (χ0) is 13.2. The van der Waals surface area contributed by atoms with E-state index in [1.807, 2.05) is 18.7 Å². The van der Waals surface area contributed by atoms with Crippen LogP contribution in [0.5, 0.6) is 0 Å². The molecule has 100 valence electrons. The summed E-state index contributed by atoms with van der Waals surface area (Å²) >= 11 is 0. The SMILES string of the molecule is Cc1cccc2c1[C@@H](C)C[C@@H]2NCCn1ccnc1. The molecule has 0 fully saturated rings. The van der Waals surface area contributed by atoms with Crippen molar-refractivity contribution in [2.45, 2.75) is 38.8 Å². The van der Waals surface area contributed by atoms with Gasteiger partial charge in [-0.3, -0.25) is 0 Å². The summed E-state index contributed by atoms with van der Waals surface area (Å²) in [6.45, 7) is 6.53. The number of nitrogens with zero attached hydrogens (tertiary/aromatic N) is 2. The molecule has 1 aliphatic carbocycles. The Morgan fingerprint density at radius 1 is 1.42 bits per heavy atom. The van der Waals surface area contributed by atoms with Crippen molar-refractivity contribution >= 4 is 0 Å². The second-order valence-electron chi connectivity index (χ2n) is 5.52. The Balaban J connectivity index is 1.66. The molecular formula is C16H21N3. The Morgan fingerprint density at radius 2 is 2.32 bits per heavy atom. The first-order valence-corrected chi connectivity index (χ1v) is 7.04. The highest BCUT2D eigenvalue weighted by Gasteiger charge is 2.28. The number of rotatable bonds is 4. The van der Waals surface area contributed by atoms with Crippen LogP contribution in [0.1, 0.15) is 42.0 Å². The number of hydrogen-bond donors (Lipinski definition) is 1. The monoisotopic (exact) mass is 255 g/mol. The number of hydrogen-bond acceptors (Lipinski definition) is 2. The van der Waals surface area contributed by atoms with Crippen molar-refractivity contribution in [2.24, 2.45) is 0 Å². The van der Waals surface area contributed by atoms with Gasteiger partial charge in [0.2, 0.25) is 0 Å². The third-order valence-corrected chi connectivity index (χ3v) is 4.14. The van der Waals surface area contributed by atoms with Crippen molar-refractivity contribution in [2.75, 3.05) is 6.54 Å². The first-order valence-electron chi connectivity index (χ1n) is 7.04. The molecule has 0 saturated carbocycles. The maximum absolute atomic E-state index is 4.07. The van der Waals surface area contributed by atoms with Gasteiger partial charge in [-0.15, -0.1) is 0 Å². The highest BCUT2D eigenvalue weighted by molar-refractivity contribution is 5.43. The molecule has 0 radical (unpaired) electrons. The lowest BCUT2D eigenvalue weighted by Crippen LogP contribution is -2.23. The topological polar surface area (TPSA) is 29.9 Å². The summed E-state index contributed by atoms with van der Waals surface area (Å²) in [6.07, 6.45) is 6.93. The van der Waals surface area contributed by atoms with Gasteiger partial charge in [0, 0.05) is 31.5 Å². The lowest BCUT2D eigenvalue weighted by molar-refractivity contribution is 0.483. The van der Waals surface area contributed by atoms with Gasteiger partial charge in [0.15, 0.2) is 0 Å². The van der Waals surface area contributed by atoms with Crippen LogP contribution in [0, 0.1) is 6.92 Å². The van der Waals surface area contributed by atoms with Crippen LogP contribution in [0.2, 0.25) is 0 Å². The molecular weight excluding hydrogens is 234 g/mol. The van der Waals surface area contributed by atoms with E-state index in [2.05, 4.69) is 46.9 Å². The van der Waals surface area contributed by atoms with Gasteiger partial charge < -0.3 is 9.88 Å². The average molecular weight is 255 g/mol. The molecule has 0 spiro atoms. The fourth-order valence-electron chi connectivity index (χ4n) is 3.26. The van der Waals surface area contributed by atoms with Crippen LogP contribution in [0.4, 0.5) is 0 Å². The normalized spacial score (nSPS) is 21.6. The van der Waals surface area contributed by atoms with E-state index in [4.69, 9.17) is 0 Å². The minimum Gasteiger partial charge on any atom is -0.336 e. The first-order chi connectivity index (χ1) is 9.25. The van der Waals surface area contributed by atoms with Crippen LogP contribution >= 0.6 is 0 Å². The van der Waals surface area contributed by atoms with E-state index in [0.717, 1.165) is 13.1 Å². The Hall–Kier alpha value is -1.61. The van der Waals surface area contributed by atoms with Crippen LogP contribution < -0.4 is 5.32 Å². The summed E-state index contributed by atoms with van der Waals surface area (Å²) in [5.41, 5.74) is 4.49. The van der Waals surface area contributed by atoms with Crippen LogP contribution in [0.15, 0.2) is 36.9 Å². The zero-order valence-electron chi connectivity index (χ0n) is 11.6. The van der Waals surface area contributed by atoms with Crippen molar-refractivity contribution in [1.82, 2.24) is 14.9 Å². The second kappa shape index (κ2) is 5.17. The van der Waals surface area contributed by atoms with Gasteiger partial charge in [0.25, 0.3) is 0 Å². The van der Waals surface area contributed by atoms with E-state index >= 15 is 0 Å². The Labute approximate surface area is 114 Å². The first kappa shape index (κ1) is 12.4. The molecule has 0 unspecified atom stereocenters. The van der Waals surface area contributed by atoms with Crippen molar-refractivity contribution < 1.29 is 0 Å². The van der Waals surface area contributed by atoms with E-state index in [0.29, 0.717) is 12.0 Å². The summed E-state index contributed by atoms with van der Waals surface area (Å²) < 4.78 is 2.11. The Morgan fingerprint density at radius 3 is 3.11 bits per heavy atom. The van der Waals surface area contributed by atoms with Gasteiger partial charge in [-0.2, -0.15) is 0 Å². The molecule has 0 amide bonds. The highest BCUT2D eigenvalue weighted by atomic mass is 15.0. The van der Waals surface area contributed by atoms with Crippen molar-refractivity contribution in [3.05, 3.63) is 53.6 Å². The standard InChI is InChI=1S/C16H21N3/c1-12-4-3-5-14-15(10-13(2)16(12)14)18-7-9-19-8-6-17-11-19/h3-6,8,11,13,15,18H,7,9-10H2,1-2H3/t13-,15-/m0/s1. The Bertz CT molecular complexity index is 545. The van der Waals surface area contributed by atoms with Gasteiger partial charge in [0.1, 0.15) is 0 Å². The summed E-state index contributed by atoms with van der Waals surface area (Å²) in [4.78, 5) is 4.07. The lowest BCUT2D eigenvalue weighted by atomic mass is 9.98. The maximum Gasteiger partial charge on any atom is 0.0946 e. The van der Waals surface area contributed by atoms with Gasteiger partial charge in [0.05, 0.1) is 6.33 Å². The maximum atomic E-state index is 4.07. The molecule has 3 nitrogen and oxygen atoms in total. The molecule has 0 aliphatic heterocycles. The number of nitrogens with one attached hydrogen (secondary N) is 1. The van der Waals surface area contributed by atoms with Crippen molar-refractivity contribution in [3.63, 3.8) is 0 Å². The van der Waals surface area contributed by atoms with Gasteiger partial charge in [-0.1, -0.05) is 25.1 Å². The predicted octanol–water partition coefficient (Wildman–Crippen LogP) is 3.03. The van der Waals surface area contributed by atoms with Crippen LogP contribution in [0.3, 0.4) is 0 Å². The smallest absolute Gasteiger partial charge is 0.0946 e. The molecule has 1 aromatic heterocycles. The molecule has 19 heavy (non-hydrogen) atoms. The number of aromatic nitrogens is 2. The number of aryl methyl sites for hydroxylation is 1. The summed E-state index contributed by atoms with van der Waals surface area (Å²) in [6, 6.07) is 7.19. The van der Waals surface area contributed by atoms with Crippen LogP contribution in [-0.4, -0.2) is 16.1 Å². The van der Waals surface area contributed by atoms with Crippen LogP contribution in [-0.2, 0) is 6.54 Å². The molecule has 3 heteroatoms. The van der Waals surface area contributed by atoms with E-state index < -0.39 is 0 Å². The fourth-order valence-corrected chi connectivity index (χ4v) is 3.26. The van der Waals surface area contributed by atoms with Crippen molar-refractivity contribution in [3.8, 4) is 0 Å². The third-order valence-electron chi connectivity index (χ3n) is 4.14. The van der Waals surface area contributed by atoms with E-state index in [1.54, 1.807) is 5.56 Å². The molecule has 1 heterocycles. The quantitative estimate of drug-likeness (QED) is 0.910. The predicted molar refractivity (Wildman–Crippen MR) is 77.2 cm³/mol. The molecule has 0 saturated heterocycles. The lowest BCUT2D eigenvalue weighted by Gasteiger charge is -2.14. The van der Waals surface area contributed by atoms with E-state index in [9.17, 15) is 0 Å². The summed E-state index contributed by atoms with van der Waals surface area (Å²) in [5, 5.41) is 3.69. The fraction of sp³-hybridized carbons (Fsp3) is 0.438. The zero-order valence-corrected chi connectivity index (χ0v) is 11.6. The third kappa shape index (κ3) is 2.43. The molecule has 2 atom stereocenters. The molecule has 2 aromatic rings. The van der Waals surface area contributed by atoms with E-state index in [-0.39, 0.29) is 0 Å². The van der Waals surface area contributed by atoms with Gasteiger partial charge in [-0.25, -0.2) is 4.98 Å². The molecule has 0 bridgehead atoms. The van der Waals surface area contributed by atoms with Gasteiger partial charge in [-0.05, 0) is 36.0 Å². The number of fused-ring (bicyclic) bond motifs is 1. The summed E-state index contributed by atoms with van der Waals surface area (Å²) in [7, 11) is 0. The molecule has 1 aromatic carbocycles. The van der Waals surface area contributed by atoms with Crippen LogP contribution in [0.25, 0.3) is 0 Å². The minimum absolute atomic E-state index is 0.508. The summed E-state index contributed by atoms with van der Waals surface area (Å²) in [5.74, 6) is 0.668. The Kier molecular flexibility index (Phi) is 3.38. The number of benzene rings is 1. The molecule has 1 aliphatic rings. The largest absolute Gasteiger partial charge is 0.336 e. The highest BCUT2D eigenvalue weighted by Crippen LogP contribution is 2.41. The van der Waals surface area contributed by atoms with Crippen molar-refractivity contribution in [1.29, 1.82) is 0 Å².